The number of hydrogen-bond acceptors (Lipinski definition) is 7. The molecule has 176 valence electrons. The van der Waals surface area contributed by atoms with Crippen molar-refractivity contribution >= 4 is 29.1 Å². The number of nitrogens with zero attached hydrogens (tertiary/aromatic N) is 1. The number of benzene rings is 2. The van der Waals surface area contributed by atoms with Crippen LogP contribution in [-0.4, -0.2) is 62.8 Å². The lowest BCUT2D eigenvalue weighted by Gasteiger charge is -2.25. The summed E-state index contributed by atoms with van der Waals surface area (Å²) in [6, 6.07) is 8.90. The largest absolute Gasteiger partial charge is 0.507 e. The molecule has 33 heavy (non-hydrogen) atoms. The molecule has 0 saturated carbocycles. The summed E-state index contributed by atoms with van der Waals surface area (Å²) < 4.78 is 21.3. The fraction of sp³-hybridized carbons (Fsp3) is 0.333. The van der Waals surface area contributed by atoms with Crippen molar-refractivity contribution in [3.05, 3.63) is 58.1 Å². The van der Waals surface area contributed by atoms with Gasteiger partial charge in [0.25, 0.3) is 11.7 Å². The first kappa shape index (κ1) is 24.4. The van der Waals surface area contributed by atoms with Crippen LogP contribution in [-0.2, 0) is 14.3 Å². The van der Waals surface area contributed by atoms with Crippen LogP contribution in [0, 0.1) is 0 Å². The summed E-state index contributed by atoms with van der Waals surface area (Å²) in [5.74, 6) is -0.474. The van der Waals surface area contributed by atoms with E-state index >= 15 is 0 Å². The Morgan fingerprint density at radius 2 is 1.73 bits per heavy atom. The molecule has 9 heteroatoms. The van der Waals surface area contributed by atoms with E-state index in [0.717, 1.165) is 0 Å². The standard InChI is InChI=1S/C24H26ClNO7/c1-5-33-19-13-14(6-9-18(19)32-4)21-20(23(28)24(29)26(21)10-11-30-2)22(27)15-7-8-17(31-3)16(25)12-15/h6-9,12-13,21,27H,5,10-11H2,1-4H3/b22-20-. The molecule has 1 heterocycles. The molecule has 0 aliphatic carbocycles. The van der Waals surface area contributed by atoms with Crippen LogP contribution in [0.3, 0.4) is 0 Å². The van der Waals surface area contributed by atoms with Crippen molar-refractivity contribution in [2.75, 3.05) is 41.1 Å². The van der Waals surface area contributed by atoms with Gasteiger partial charge in [-0.15, -0.1) is 0 Å². The highest BCUT2D eigenvalue weighted by Crippen LogP contribution is 2.42. The summed E-state index contributed by atoms with van der Waals surface area (Å²) in [7, 11) is 4.50. The van der Waals surface area contributed by atoms with Crippen molar-refractivity contribution in [3.63, 3.8) is 0 Å². The van der Waals surface area contributed by atoms with Crippen molar-refractivity contribution in [1.29, 1.82) is 0 Å². The quantitative estimate of drug-likeness (QED) is 0.334. The monoisotopic (exact) mass is 475 g/mol. The summed E-state index contributed by atoms with van der Waals surface area (Å²) in [6.07, 6.45) is 0. The van der Waals surface area contributed by atoms with Gasteiger partial charge in [0.1, 0.15) is 11.5 Å². The molecule has 1 unspecified atom stereocenters. The van der Waals surface area contributed by atoms with Crippen LogP contribution in [0.5, 0.6) is 17.2 Å². The third-order valence-electron chi connectivity index (χ3n) is 5.30. The van der Waals surface area contributed by atoms with Gasteiger partial charge in [-0.3, -0.25) is 9.59 Å². The summed E-state index contributed by atoms with van der Waals surface area (Å²) >= 11 is 6.22. The second-order valence-electron chi connectivity index (χ2n) is 7.18. The maximum Gasteiger partial charge on any atom is 0.295 e. The third kappa shape index (κ3) is 4.77. The van der Waals surface area contributed by atoms with Crippen LogP contribution >= 0.6 is 11.6 Å². The second-order valence-corrected chi connectivity index (χ2v) is 7.59. The van der Waals surface area contributed by atoms with Crippen molar-refractivity contribution in [1.82, 2.24) is 4.90 Å². The molecule has 8 nitrogen and oxygen atoms in total. The topological polar surface area (TPSA) is 94.5 Å². The van der Waals surface area contributed by atoms with Crippen molar-refractivity contribution in [3.8, 4) is 17.2 Å². The van der Waals surface area contributed by atoms with Crippen LogP contribution in [0.4, 0.5) is 0 Å². The maximum atomic E-state index is 13.1. The predicted molar refractivity (Wildman–Crippen MR) is 123 cm³/mol. The number of halogens is 1. The number of likely N-dealkylation sites (tertiary alicyclic amines) is 1. The molecule has 2 aromatic rings. The highest BCUT2D eigenvalue weighted by Gasteiger charge is 2.46. The predicted octanol–water partition coefficient (Wildman–Crippen LogP) is 3.82. The molecular weight excluding hydrogens is 450 g/mol. The molecule has 1 fully saturated rings. The third-order valence-corrected chi connectivity index (χ3v) is 5.60. The van der Waals surface area contributed by atoms with E-state index in [2.05, 4.69) is 0 Å². The first-order valence-corrected chi connectivity index (χ1v) is 10.7. The van der Waals surface area contributed by atoms with Crippen LogP contribution < -0.4 is 14.2 Å². The molecule has 1 atom stereocenters. The molecule has 0 bridgehead atoms. The lowest BCUT2D eigenvalue weighted by atomic mass is 9.95. The van der Waals surface area contributed by atoms with Crippen molar-refractivity contribution in [2.45, 2.75) is 13.0 Å². The first-order chi connectivity index (χ1) is 15.9. The zero-order chi connectivity index (χ0) is 24.1. The Bertz CT molecular complexity index is 1080. The maximum absolute atomic E-state index is 13.1. The van der Waals surface area contributed by atoms with Crippen LogP contribution in [0.25, 0.3) is 5.76 Å². The average Bonchev–Trinajstić information content (AvgIpc) is 3.07. The molecule has 0 spiro atoms. The number of hydrogen-bond donors (Lipinski definition) is 1. The Labute approximate surface area is 197 Å². The van der Waals surface area contributed by atoms with Gasteiger partial charge in [0.2, 0.25) is 0 Å². The van der Waals surface area contributed by atoms with E-state index in [1.165, 1.54) is 32.3 Å². The molecule has 1 aliphatic rings. The van der Waals surface area contributed by atoms with Crippen LogP contribution in [0.15, 0.2) is 42.0 Å². The number of ketones is 1. The number of aliphatic hydroxyl groups excluding tert-OH is 1. The number of methoxy groups -OCH3 is 3. The Morgan fingerprint density at radius 3 is 2.33 bits per heavy atom. The molecule has 2 aromatic carbocycles. The van der Waals surface area contributed by atoms with Gasteiger partial charge in [0.15, 0.2) is 11.5 Å². The fourth-order valence-electron chi connectivity index (χ4n) is 3.75. The molecule has 0 radical (unpaired) electrons. The van der Waals surface area contributed by atoms with Gasteiger partial charge in [0.05, 0.1) is 44.1 Å². The summed E-state index contributed by atoms with van der Waals surface area (Å²) in [4.78, 5) is 27.3. The number of carbonyl (C=O) groups excluding carboxylic acids is 2. The van der Waals surface area contributed by atoms with E-state index in [9.17, 15) is 14.7 Å². The fourth-order valence-corrected chi connectivity index (χ4v) is 4.01. The van der Waals surface area contributed by atoms with Gasteiger partial charge in [-0.05, 0) is 42.8 Å². The normalized spacial score (nSPS) is 17.4. The van der Waals surface area contributed by atoms with E-state index in [-0.39, 0.29) is 35.1 Å². The van der Waals surface area contributed by atoms with E-state index in [1.54, 1.807) is 30.3 Å². The van der Waals surface area contributed by atoms with Gasteiger partial charge in [-0.1, -0.05) is 17.7 Å². The Balaban J connectivity index is 2.19. The minimum absolute atomic E-state index is 0.0510. The number of Topliss-reactive ketones (excluding diaryl/α,β-unsaturated/α-hetero) is 1. The molecular formula is C24H26ClNO7. The molecule has 1 amide bonds. The molecule has 1 saturated heterocycles. The first-order valence-electron chi connectivity index (χ1n) is 10.3. The number of aliphatic hydroxyl groups is 1. The van der Waals surface area contributed by atoms with Gasteiger partial charge >= 0.3 is 0 Å². The lowest BCUT2D eigenvalue weighted by Crippen LogP contribution is -2.32. The highest BCUT2D eigenvalue weighted by molar-refractivity contribution is 6.46. The number of amides is 1. The minimum atomic E-state index is -0.855. The van der Waals surface area contributed by atoms with E-state index in [0.29, 0.717) is 29.4 Å². The lowest BCUT2D eigenvalue weighted by molar-refractivity contribution is -0.140. The SMILES string of the molecule is CCOc1cc(C2/C(=C(/O)c3ccc(OC)c(Cl)c3)C(=O)C(=O)N2CCOC)ccc1OC. The van der Waals surface area contributed by atoms with Crippen molar-refractivity contribution in [2.24, 2.45) is 0 Å². The van der Waals surface area contributed by atoms with Gasteiger partial charge in [-0.2, -0.15) is 0 Å². The highest BCUT2D eigenvalue weighted by atomic mass is 35.5. The van der Waals surface area contributed by atoms with Crippen molar-refractivity contribution < 1.29 is 33.6 Å². The zero-order valence-corrected chi connectivity index (χ0v) is 19.6. The molecule has 0 aromatic heterocycles. The van der Waals surface area contributed by atoms with E-state index < -0.39 is 17.7 Å². The van der Waals surface area contributed by atoms with Crippen LogP contribution in [0.2, 0.25) is 5.02 Å². The van der Waals surface area contributed by atoms with Gasteiger partial charge in [0, 0.05) is 19.2 Å². The molecule has 1 N–H and O–H groups in total. The number of ether oxygens (including phenoxy) is 4. The Kier molecular flexibility index (Phi) is 7.84. The number of rotatable bonds is 9. The van der Waals surface area contributed by atoms with E-state index in [1.807, 2.05) is 6.92 Å². The molecule has 3 rings (SSSR count). The Morgan fingerprint density at radius 1 is 1.03 bits per heavy atom. The summed E-state index contributed by atoms with van der Waals surface area (Å²) in [6.45, 7) is 2.60. The zero-order valence-electron chi connectivity index (χ0n) is 18.9. The van der Waals surface area contributed by atoms with E-state index in [4.69, 9.17) is 30.5 Å². The second kappa shape index (κ2) is 10.6. The smallest absolute Gasteiger partial charge is 0.295 e. The average molecular weight is 476 g/mol. The van der Waals surface area contributed by atoms with Gasteiger partial charge in [-0.25, -0.2) is 0 Å². The molecule has 1 aliphatic heterocycles. The minimum Gasteiger partial charge on any atom is -0.507 e. The Hall–Kier alpha value is -3.23. The summed E-state index contributed by atoms with van der Waals surface area (Å²) in [5, 5.41) is 11.4. The number of carbonyl (C=O) groups is 2. The van der Waals surface area contributed by atoms with Crippen LogP contribution in [0.1, 0.15) is 24.1 Å². The van der Waals surface area contributed by atoms with Gasteiger partial charge < -0.3 is 29.0 Å². The summed E-state index contributed by atoms with van der Waals surface area (Å²) in [5.41, 5.74) is 0.815.